The average molecular weight is 256 g/mol. The molecular formula is C12H20N2O2S. The largest absolute Gasteiger partial charge is 0.392 e. The van der Waals surface area contributed by atoms with Crippen LogP contribution in [0, 0.1) is 11.3 Å². The summed E-state index contributed by atoms with van der Waals surface area (Å²) in [6, 6.07) is 0. The number of aliphatic hydroxyl groups excluding tert-OH is 1. The second-order valence-electron chi connectivity index (χ2n) is 5.38. The molecule has 2 rings (SSSR count). The lowest BCUT2D eigenvalue weighted by Crippen LogP contribution is -2.57. The van der Waals surface area contributed by atoms with E-state index < -0.39 is 11.5 Å². The summed E-state index contributed by atoms with van der Waals surface area (Å²) >= 11 is 5.05. The second-order valence-corrected chi connectivity index (χ2v) is 5.82. The molecule has 1 aliphatic carbocycles. The molecule has 1 aliphatic heterocycles. The Morgan fingerprint density at radius 2 is 2.18 bits per heavy atom. The molecule has 2 unspecified atom stereocenters. The van der Waals surface area contributed by atoms with Gasteiger partial charge in [-0.3, -0.25) is 4.79 Å². The molecule has 1 heterocycles. The fourth-order valence-electron chi connectivity index (χ4n) is 2.63. The van der Waals surface area contributed by atoms with Crippen molar-refractivity contribution in [2.45, 2.75) is 38.7 Å². The topological polar surface area (TPSA) is 66.6 Å². The highest BCUT2D eigenvalue weighted by atomic mass is 32.1. The van der Waals surface area contributed by atoms with Crippen LogP contribution in [0.3, 0.4) is 0 Å². The van der Waals surface area contributed by atoms with E-state index in [1.807, 2.05) is 6.92 Å². The monoisotopic (exact) mass is 256 g/mol. The van der Waals surface area contributed by atoms with Crippen LogP contribution < -0.4 is 5.73 Å². The number of carbonyl (C=O) groups is 1. The van der Waals surface area contributed by atoms with Crippen molar-refractivity contribution >= 4 is 23.1 Å². The average Bonchev–Trinajstić information content (AvgIpc) is 2.19. The lowest BCUT2D eigenvalue weighted by molar-refractivity contribution is -0.146. The van der Waals surface area contributed by atoms with Crippen LogP contribution in [0.1, 0.15) is 32.6 Å². The van der Waals surface area contributed by atoms with E-state index in [4.69, 9.17) is 18.0 Å². The predicted molar refractivity (Wildman–Crippen MR) is 69.4 cm³/mol. The Bertz CT molecular complexity index is 341. The third-order valence-corrected chi connectivity index (χ3v) is 4.68. The van der Waals surface area contributed by atoms with E-state index >= 15 is 0 Å². The third-order valence-electron chi connectivity index (χ3n) is 4.29. The van der Waals surface area contributed by atoms with Crippen LogP contribution in [-0.4, -0.2) is 40.1 Å². The first-order chi connectivity index (χ1) is 7.97. The number of β-amino-alcohol motifs (C(OH)–C–C–N with tert-alkyl or cyclic N) is 1. The molecule has 2 atom stereocenters. The first-order valence-corrected chi connectivity index (χ1v) is 6.65. The van der Waals surface area contributed by atoms with Gasteiger partial charge in [-0.05, 0) is 25.2 Å². The van der Waals surface area contributed by atoms with Gasteiger partial charge in [0.15, 0.2) is 0 Å². The number of rotatable bonds is 2. The fraction of sp³-hybridized carbons (Fsp3) is 0.833. The minimum absolute atomic E-state index is 0.0298. The summed E-state index contributed by atoms with van der Waals surface area (Å²) in [6.45, 7) is 3.14. The molecule has 0 spiro atoms. The van der Waals surface area contributed by atoms with Crippen molar-refractivity contribution in [3.05, 3.63) is 0 Å². The molecule has 2 fully saturated rings. The molecule has 3 N–H and O–H groups in total. The van der Waals surface area contributed by atoms with Crippen LogP contribution in [0.15, 0.2) is 0 Å². The number of hydrogen-bond acceptors (Lipinski definition) is 3. The molecule has 96 valence electrons. The van der Waals surface area contributed by atoms with E-state index in [2.05, 4.69) is 0 Å². The van der Waals surface area contributed by atoms with Crippen LogP contribution >= 0.6 is 12.2 Å². The Labute approximate surface area is 107 Å². The van der Waals surface area contributed by atoms with Crippen LogP contribution in [-0.2, 0) is 4.79 Å². The van der Waals surface area contributed by atoms with E-state index in [9.17, 15) is 9.90 Å². The summed E-state index contributed by atoms with van der Waals surface area (Å²) in [7, 11) is 0. The SMILES string of the molecule is CC1CCN(C(=O)C2(C(N)=S)CCC2)CC1O. The van der Waals surface area contributed by atoms with Gasteiger partial charge in [0, 0.05) is 13.1 Å². The van der Waals surface area contributed by atoms with Crippen molar-refractivity contribution in [3.8, 4) is 0 Å². The maximum Gasteiger partial charge on any atom is 0.235 e. The van der Waals surface area contributed by atoms with Crippen molar-refractivity contribution in [1.29, 1.82) is 0 Å². The maximum atomic E-state index is 12.4. The number of amides is 1. The molecular weight excluding hydrogens is 236 g/mol. The Kier molecular flexibility index (Phi) is 3.41. The number of nitrogens with zero attached hydrogens (tertiary/aromatic N) is 1. The van der Waals surface area contributed by atoms with Crippen molar-refractivity contribution in [2.24, 2.45) is 17.1 Å². The Morgan fingerprint density at radius 1 is 1.53 bits per heavy atom. The number of nitrogens with two attached hydrogens (primary N) is 1. The van der Waals surface area contributed by atoms with Crippen LogP contribution in [0.25, 0.3) is 0 Å². The Morgan fingerprint density at radius 3 is 2.59 bits per heavy atom. The van der Waals surface area contributed by atoms with Gasteiger partial charge in [-0.1, -0.05) is 25.6 Å². The van der Waals surface area contributed by atoms with Crippen molar-refractivity contribution in [1.82, 2.24) is 4.90 Å². The minimum Gasteiger partial charge on any atom is -0.392 e. The van der Waals surface area contributed by atoms with Gasteiger partial charge in [0.1, 0.15) is 0 Å². The van der Waals surface area contributed by atoms with Gasteiger partial charge in [-0.15, -0.1) is 0 Å². The quantitative estimate of drug-likeness (QED) is 0.713. The molecule has 0 aromatic carbocycles. The zero-order chi connectivity index (χ0) is 12.6. The number of hydrogen-bond donors (Lipinski definition) is 2. The first kappa shape index (κ1) is 12.8. The first-order valence-electron chi connectivity index (χ1n) is 6.25. The van der Waals surface area contributed by atoms with Gasteiger partial charge in [0.25, 0.3) is 0 Å². The predicted octanol–water partition coefficient (Wildman–Crippen LogP) is 0.672. The van der Waals surface area contributed by atoms with Crippen LogP contribution in [0.5, 0.6) is 0 Å². The zero-order valence-corrected chi connectivity index (χ0v) is 11.0. The third kappa shape index (κ3) is 2.06. The molecule has 1 saturated carbocycles. The van der Waals surface area contributed by atoms with Crippen LogP contribution in [0.2, 0.25) is 0 Å². The van der Waals surface area contributed by atoms with Crippen molar-refractivity contribution in [3.63, 3.8) is 0 Å². The lowest BCUT2D eigenvalue weighted by atomic mass is 9.67. The highest BCUT2D eigenvalue weighted by Gasteiger charge is 2.49. The van der Waals surface area contributed by atoms with Crippen molar-refractivity contribution in [2.75, 3.05) is 13.1 Å². The molecule has 5 heteroatoms. The lowest BCUT2D eigenvalue weighted by Gasteiger charge is -2.45. The van der Waals surface area contributed by atoms with Gasteiger partial charge >= 0.3 is 0 Å². The molecule has 4 nitrogen and oxygen atoms in total. The Balaban J connectivity index is 2.07. The summed E-state index contributed by atoms with van der Waals surface area (Å²) in [5, 5.41) is 9.83. The van der Waals surface area contributed by atoms with Gasteiger partial charge in [-0.25, -0.2) is 0 Å². The van der Waals surface area contributed by atoms with E-state index in [0.717, 1.165) is 25.7 Å². The molecule has 0 radical (unpaired) electrons. The summed E-state index contributed by atoms with van der Waals surface area (Å²) in [6.07, 6.45) is 2.97. The van der Waals surface area contributed by atoms with E-state index in [0.29, 0.717) is 18.1 Å². The summed E-state index contributed by atoms with van der Waals surface area (Å²) in [4.78, 5) is 14.5. The molecule has 0 bridgehead atoms. The second kappa shape index (κ2) is 4.53. The number of carbonyl (C=O) groups excluding carboxylic acids is 1. The number of thiocarbonyl (C=S) groups is 1. The summed E-state index contributed by atoms with van der Waals surface area (Å²) < 4.78 is 0. The number of piperidine rings is 1. The zero-order valence-electron chi connectivity index (χ0n) is 10.2. The van der Waals surface area contributed by atoms with Crippen molar-refractivity contribution < 1.29 is 9.90 Å². The number of likely N-dealkylation sites (tertiary alicyclic amines) is 1. The smallest absolute Gasteiger partial charge is 0.235 e. The molecule has 2 aliphatic rings. The normalized spacial score (nSPS) is 31.8. The van der Waals surface area contributed by atoms with Gasteiger partial charge in [0.2, 0.25) is 5.91 Å². The van der Waals surface area contributed by atoms with E-state index in [1.54, 1.807) is 4.90 Å². The van der Waals surface area contributed by atoms with Gasteiger partial charge in [-0.2, -0.15) is 0 Å². The van der Waals surface area contributed by atoms with Gasteiger partial charge < -0.3 is 15.7 Å². The summed E-state index contributed by atoms with van der Waals surface area (Å²) in [5.41, 5.74) is 5.12. The standard InChI is InChI=1S/C12H20N2O2S/c1-8-3-6-14(7-9(8)15)11(16)12(10(13)17)4-2-5-12/h8-9,15H,2-7H2,1H3,(H2,13,17). The highest BCUT2D eigenvalue weighted by Crippen LogP contribution is 2.43. The van der Waals surface area contributed by atoms with Crippen LogP contribution in [0.4, 0.5) is 0 Å². The van der Waals surface area contributed by atoms with Gasteiger partial charge in [0.05, 0.1) is 16.5 Å². The highest BCUT2D eigenvalue weighted by molar-refractivity contribution is 7.80. The molecule has 1 amide bonds. The molecule has 1 saturated heterocycles. The fourth-order valence-corrected chi connectivity index (χ4v) is 2.92. The maximum absolute atomic E-state index is 12.4. The minimum atomic E-state index is -0.602. The van der Waals surface area contributed by atoms with E-state index in [1.165, 1.54) is 0 Å². The molecule has 0 aromatic heterocycles. The summed E-state index contributed by atoms with van der Waals surface area (Å²) in [5.74, 6) is 0.295. The number of aliphatic hydroxyl groups is 1. The molecule has 17 heavy (non-hydrogen) atoms. The molecule has 0 aromatic rings. The Hall–Kier alpha value is -0.680. The van der Waals surface area contributed by atoms with E-state index in [-0.39, 0.29) is 11.8 Å².